The Morgan fingerprint density at radius 1 is 0.741 bits per heavy atom. The molecule has 0 saturated heterocycles. The van der Waals surface area contributed by atoms with Crippen molar-refractivity contribution in [2.75, 3.05) is 6.61 Å². The summed E-state index contributed by atoms with van der Waals surface area (Å²) in [7, 11) is 0. The number of unbranched alkanes of at least 4 members (excludes halogenated alkanes) is 6. The zero-order valence-corrected chi connectivity index (χ0v) is 17.4. The fourth-order valence-electron chi connectivity index (χ4n) is 4.41. The molecule has 0 heterocycles. The molecule has 2 unspecified atom stereocenters. The quantitative estimate of drug-likeness (QED) is 0.328. The molecular weight excluding hydrogens is 340 g/mol. The predicted molar refractivity (Wildman–Crippen MR) is 107 cm³/mol. The number of carbonyl (C=O) groups is 2. The molecule has 0 aromatic rings. The summed E-state index contributed by atoms with van der Waals surface area (Å²) in [5.41, 5.74) is 0. The monoisotopic (exact) mass is 380 g/mol. The molecule has 0 N–H and O–H groups in total. The zero-order valence-electron chi connectivity index (χ0n) is 17.4. The van der Waals surface area contributed by atoms with E-state index in [4.69, 9.17) is 9.47 Å². The number of hydrogen-bond acceptors (Lipinski definition) is 4. The first-order valence-electron chi connectivity index (χ1n) is 11.6. The molecule has 0 radical (unpaired) electrons. The van der Waals surface area contributed by atoms with Gasteiger partial charge in [0.15, 0.2) is 0 Å². The van der Waals surface area contributed by atoms with E-state index in [9.17, 15) is 9.59 Å². The molecule has 156 valence electrons. The highest BCUT2D eigenvalue weighted by Crippen LogP contribution is 2.32. The van der Waals surface area contributed by atoms with Crippen LogP contribution in [0.15, 0.2) is 0 Å². The Kier molecular flexibility index (Phi) is 10.8. The maximum Gasteiger partial charge on any atom is 0.309 e. The number of carbonyl (C=O) groups excluding carboxylic acids is 2. The third kappa shape index (κ3) is 8.66. The van der Waals surface area contributed by atoms with Gasteiger partial charge in [0.25, 0.3) is 0 Å². The summed E-state index contributed by atoms with van der Waals surface area (Å²) >= 11 is 0. The van der Waals surface area contributed by atoms with Crippen LogP contribution in [0.3, 0.4) is 0 Å². The molecule has 2 aliphatic carbocycles. The summed E-state index contributed by atoms with van der Waals surface area (Å²) in [6, 6.07) is 0. The van der Waals surface area contributed by atoms with Crippen LogP contribution in [-0.4, -0.2) is 24.6 Å². The highest BCUT2D eigenvalue weighted by molar-refractivity contribution is 5.76. The van der Waals surface area contributed by atoms with Crippen LogP contribution in [0.25, 0.3) is 0 Å². The molecule has 0 bridgehead atoms. The van der Waals surface area contributed by atoms with E-state index < -0.39 is 0 Å². The molecule has 27 heavy (non-hydrogen) atoms. The van der Waals surface area contributed by atoms with Crippen molar-refractivity contribution < 1.29 is 19.1 Å². The number of esters is 2. The molecule has 0 aromatic carbocycles. The standard InChI is InChI=1S/C23H40O4/c1-2-3-4-5-6-7-11-17-26-22(24)19-13-12-14-20(18-19)23(25)27-21-15-9-8-10-16-21/h19-21H,2-18H2,1H3. The SMILES string of the molecule is CCCCCCCCCOC(=O)C1CCCC(C(=O)OC2CCCCC2)C1. The van der Waals surface area contributed by atoms with Gasteiger partial charge in [-0.25, -0.2) is 0 Å². The van der Waals surface area contributed by atoms with Crippen molar-refractivity contribution in [2.24, 2.45) is 11.8 Å². The van der Waals surface area contributed by atoms with Crippen LogP contribution < -0.4 is 0 Å². The van der Waals surface area contributed by atoms with Crippen LogP contribution >= 0.6 is 0 Å². The molecule has 2 atom stereocenters. The van der Waals surface area contributed by atoms with E-state index in [1.807, 2.05) is 0 Å². The van der Waals surface area contributed by atoms with Crippen molar-refractivity contribution in [1.29, 1.82) is 0 Å². The van der Waals surface area contributed by atoms with Crippen LogP contribution in [0, 0.1) is 11.8 Å². The minimum Gasteiger partial charge on any atom is -0.465 e. The molecule has 0 amide bonds. The minimum atomic E-state index is -0.118. The van der Waals surface area contributed by atoms with Crippen molar-refractivity contribution in [2.45, 2.75) is 116 Å². The third-order valence-corrected chi connectivity index (χ3v) is 6.17. The second-order valence-corrected chi connectivity index (χ2v) is 8.55. The van der Waals surface area contributed by atoms with Gasteiger partial charge in [-0.15, -0.1) is 0 Å². The normalized spacial score (nSPS) is 23.7. The fourth-order valence-corrected chi connectivity index (χ4v) is 4.41. The summed E-state index contributed by atoms with van der Waals surface area (Å²) in [4.78, 5) is 24.8. The van der Waals surface area contributed by atoms with Crippen molar-refractivity contribution in [1.82, 2.24) is 0 Å². The first kappa shape index (κ1) is 22.2. The van der Waals surface area contributed by atoms with Gasteiger partial charge in [0.2, 0.25) is 0 Å². The maximum atomic E-state index is 12.5. The van der Waals surface area contributed by atoms with Gasteiger partial charge in [0, 0.05) is 0 Å². The molecule has 4 heteroatoms. The Bertz CT molecular complexity index is 428. The lowest BCUT2D eigenvalue weighted by Gasteiger charge is -2.29. The third-order valence-electron chi connectivity index (χ3n) is 6.17. The van der Waals surface area contributed by atoms with Crippen molar-refractivity contribution in [3.05, 3.63) is 0 Å². The largest absolute Gasteiger partial charge is 0.465 e. The maximum absolute atomic E-state index is 12.5. The Hall–Kier alpha value is -1.06. The van der Waals surface area contributed by atoms with E-state index in [0.717, 1.165) is 57.8 Å². The number of hydrogen-bond donors (Lipinski definition) is 0. The van der Waals surface area contributed by atoms with Gasteiger partial charge in [-0.3, -0.25) is 9.59 Å². The number of rotatable bonds is 11. The molecule has 2 saturated carbocycles. The van der Waals surface area contributed by atoms with Gasteiger partial charge in [-0.05, 0) is 51.4 Å². The zero-order chi connectivity index (χ0) is 19.3. The van der Waals surface area contributed by atoms with Gasteiger partial charge in [0.1, 0.15) is 6.10 Å². The molecule has 2 rings (SSSR count). The van der Waals surface area contributed by atoms with Crippen molar-refractivity contribution >= 4 is 11.9 Å². The van der Waals surface area contributed by atoms with E-state index >= 15 is 0 Å². The fraction of sp³-hybridized carbons (Fsp3) is 0.913. The summed E-state index contributed by atoms with van der Waals surface area (Å²) in [5.74, 6) is -0.411. The van der Waals surface area contributed by atoms with E-state index in [1.54, 1.807) is 0 Å². The first-order chi connectivity index (χ1) is 13.2. The molecule has 2 fully saturated rings. The smallest absolute Gasteiger partial charge is 0.309 e. The van der Waals surface area contributed by atoms with Crippen LogP contribution in [-0.2, 0) is 19.1 Å². The summed E-state index contributed by atoms with van der Waals surface area (Å²) in [6.45, 7) is 2.76. The highest BCUT2D eigenvalue weighted by atomic mass is 16.5. The lowest BCUT2D eigenvalue weighted by molar-refractivity contribution is -0.159. The Labute approximate surface area is 165 Å². The summed E-state index contributed by atoms with van der Waals surface area (Å²) in [5, 5.41) is 0. The molecule has 0 aromatic heterocycles. The highest BCUT2D eigenvalue weighted by Gasteiger charge is 2.34. The second kappa shape index (κ2) is 13.2. The van der Waals surface area contributed by atoms with Crippen LogP contribution in [0.5, 0.6) is 0 Å². The van der Waals surface area contributed by atoms with Crippen LogP contribution in [0.1, 0.15) is 110 Å². The first-order valence-corrected chi connectivity index (χ1v) is 11.6. The summed E-state index contributed by atoms with van der Waals surface area (Å²) < 4.78 is 11.2. The second-order valence-electron chi connectivity index (χ2n) is 8.55. The average molecular weight is 381 g/mol. The Morgan fingerprint density at radius 3 is 2.07 bits per heavy atom. The van der Waals surface area contributed by atoms with Crippen LogP contribution in [0.4, 0.5) is 0 Å². The van der Waals surface area contributed by atoms with E-state index in [0.29, 0.717) is 13.0 Å². The Balaban J connectivity index is 1.59. The molecule has 2 aliphatic rings. The van der Waals surface area contributed by atoms with E-state index in [-0.39, 0.29) is 29.9 Å². The number of ether oxygens (including phenoxy) is 2. The minimum absolute atomic E-state index is 0.0773. The summed E-state index contributed by atoms with van der Waals surface area (Å²) in [6.07, 6.45) is 17.4. The Morgan fingerprint density at radius 2 is 1.37 bits per heavy atom. The predicted octanol–water partition coefficient (Wildman–Crippen LogP) is 5.96. The molecule has 0 spiro atoms. The van der Waals surface area contributed by atoms with E-state index in [2.05, 4.69) is 6.92 Å². The topological polar surface area (TPSA) is 52.6 Å². The van der Waals surface area contributed by atoms with Gasteiger partial charge in [0.05, 0.1) is 18.4 Å². The van der Waals surface area contributed by atoms with E-state index in [1.165, 1.54) is 38.5 Å². The van der Waals surface area contributed by atoms with Gasteiger partial charge >= 0.3 is 11.9 Å². The van der Waals surface area contributed by atoms with Crippen LogP contribution in [0.2, 0.25) is 0 Å². The lowest BCUT2D eigenvalue weighted by Crippen LogP contribution is -2.32. The molecular formula is C23H40O4. The van der Waals surface area contributed by atoms with Crippen molar-refractivity contribution in [3.8, 4) is 0 Å². The van der Waals surface area contributed by atoms with Gasteiger partial charge in [-0.1, -0.05) is 58.3 Å². The van der Waals surface area contributed by atoms with Crippen molar-refractivity contribution in [3.63, 3.8) is 0 Å². The average Bonchev–Trinajstić information content (AvgIpc) is 2.70. The molecule has 0 aliphatic heterocycles. The van der Waals surface area contributed by atoms with Gasteiger partial charge < -0.3 is 9.47 Å². The van der Waals surface area contributed by atoms with Gasteiger partial charge in [-0.2, -0.15) is 0 Å². The molecule has 4 nitrogen and oxygen atoms in total. The lowest BCUT2D eigenvalue weighted by atomic mass is 9.81.